The van der Waals surface area contributed by atoms with Crippen LogP contribution in [0.1, 0.15) is 24.2 Å². The van der Waals surface area contributed by atoms with E-state index in [-0.39, 0.29) is 17.2 Å². The average molecular weight is 265 g/mol. The van der Waals surface area contributed by atoms with Crippen LogP contribution in [0.15, 0.2) is 18.2 Å². The number of para-hydroxylation sites is 1. The molecule has 0 heterocycles. The molecule has 0 aliphatic heterocycles. The molecule has 0 bridgehead atoms. The number of carbonyl (C=O) groups is 1. The molecule has 104 valence electrons. The number of nitrogens with zero attached hydrogens (tertiary/aromatic N) is 2. The number of nitrogens with one attached hydrogen (secondary N) is 1. The van der Waals surface area contributed by atoms with Crippen molar-refractivity contribution in [3.8, 4) is 0 Å². The van der Waals surface area contributed by atoms with Crippen LogP contribution >= 0.6 is 0 Å². The van der Waals surface area contributed by atoms with Gasteiger partial charge in [-0.3, -0.25) is 14.9 Å². The first-order valence-electron chi connectivity index (χ1n) is 6.09. The summed E-state index contributed by atoms with van der Waals surface area (Å²) in [6, 6.07) is 4.70. The van der Waals surface area contributed by atoms with Crippen molar-refractivity contribution in [2.45, 2.75) is 13.8 Å². The van der Waals surface area contributed by atoms with Crippen LogP contribution in [0.3, 0.4) is 0 Å². The third-order valence-electron chi connectivity index (χ3n) is 2.70. The van der Waals surface area contributed by atoms with Crippen LogP contribution < -0.4 is 5.32 Å². The van der Waals surface area contributed by atoms with Gasteiger partial charge in [-0.25, -0.2) is 0 Å². The van der Waals surface area contributed by atoms with Gasteiger partial charge < -0.3 is 10.2 Å². The van der Waals surface area contributed by atoms with Gasteiger partial charge in [0, 0.05) is 20.6 Å². The lowest BCUT2D eigenvalue weighted by atomic mass is 10.1. The van der Waals surface area contributed by atoms with Gasteiger partial charge in [0.25, 0.3) is 5.91 Å². The molecule has 1 N–H and O–H groups in total. The molecule has 6 heteroatoms. The minimum Gasteiger partial charge on any atom is -0.383 e. The first kappa shape index (κ1) is 14.9. The second-order valence-corrected chi connectivity index (χ2v) is 4.79. The molecule has 0 saturated heterocycles. The number of hydrogen-bond donors (Lipinski definition) is 1. The van der Waals surface area contributed by atoms with E-state index in [1.54, 1.807) is 26.2 Å². The number of nitro groups is 1. The quantitative estimate of drug-likeness (QED) is 0.655. The zero-order valence-electron chi connectivity index (χ0n) is 11.6. The first-order chi connectivity index (χ1) is 8.88. The predicted octanol–water partition coefficient (Wildman–Crippen LogP) is 2.36. The van der Waals surface area contributed by atoms with Crippen LogP contribution in [-0.2, 0) is 0 Å². The highest BCUT2D eigenvalue weighted by Gasteiger charge is 2.26. The molecule has 1 amide bonds. The third kappa shape index (κ3) is 3.43. The van der Waals surface area contributed by atoms with Gasteiger partial charge in [0.1, 0.15) is 11.3 Å². The van der Waals surface area contributed by atoms with Gasteiger partial charge in [-0.2, -0.15) is 0 Å². The number of amides is 1. The molecule has 1 aromatic rings. The zero-order valence-corrected chi connectivity index (χ0v) is 11.6. The van der Waals surface area contributed by atoms with Gasteiger partial charge in [0.15, 0.2) is 0 Å². The topological polar surface area (TPSA) is 75.5 Å². The Morgan fingerprint density at radius 2 is 2.11 bits per heavy atom. The second-order valence-electron chi connectivity index (χ2n) is 4.79. The van der Waals surface area contributed by atoms with E-state index in [2.05, 4.69) is 5.32 Å². The van der Waals surface area contributed by atoms with Gasteiger partial charge in [-0.1, -0.05) is 19.9 Å². The molecule has 0 fully saturated rings. The third-order valence-corrected chi connectivity index (χ3v) is 2.70. The van der Waals surface area contributed by atoms with Crippen molar-refractivity contribution in [2.75, 3.05) is 26.0 Å². The summed E-state index contributed by atoms with van der Waals surface area (Å²) in [6.07, 6.45) is 0. The van der Waals surface area contributed by atoms with E-state index >= 15 is 0 Å². The number of carbonyl (C=O) groups excluding carboxylic acids is 1. The standard InChI is InChI=1S/C13H19N3O3/c1-9(2)8-15(4)13(17)10-6-5-7-11(14-3)12(10)16(18)19/h5-7,9,14H,8H2,1-4H3. The molecule has 0 atom stereocenters. The molecule has 19 heavy (non-hydrogen) atoms. The molecule has 6 nitrogen and oxygen atoms in total. The van der Waals surface area contributed by atoms with Crippen LogP contribution in [0, 0.1) is 16.0 Å². The van der Waals surface area contributed by atoms with Crippen LogP contribution in [0.25, 0.3) is 0 Å². The fourth-order valence-electron chi connectivity index (χ4n) is 1.95. The maximum absolute atomic E-state index is 12.3. The molecule has 0 spiro atoms. The Morgan fingerprint density at radius 3 is 2.58 bits per heavy atom. The van der Waals surface area contributed by atoms with Crippen molar-refractivity contribution < 1.29 is 9.72 Å². The van der Waals surface area contributed by atoms with Crippen molar-refractivity contribution in [3.05, 3.63) is 33.9 Å². The summed E-state index contributed by atoms with van der Waals surface area (Å²) in [5.41, 5.74) is 0.277. The molecular weight excluding hydrogens is 246 g/mol. The summed E-state index contributed by atoms with van der Waals surface area (Å²) in [6.45, 7) is 4.53. The Morgan fingerprint density at radius 1 is 1.47 bits per heavy atom. The van der Waals surface area contributed by atoms with E-state index in [1.807, 2.05) is 13.8 Å². The minimum atomic E-state index is -0.526. The fraction of sp³-hybridized carbons (Fsp3) is 0.462. The lowest BCUT2D eigenvalue weighted by Gasteiger charge is -2.19. The van der Waals surface area contributed by atoms with Gasteiger partial charge in [0.05, 0.1) is 4.92 Å². The molecule has 1 aromatic carbocycles. The summed E-state index contributed by atoms with van der Waals surface area (Å²) in [5.74, 6) is -0.0296. The molecule has 0 aliphatic rings. The summed E-state index contributed by atoms with van der Waals surface area (Å²) in [4.78, 5) is 24.4. The SMILES string of the molecule is CNc1cccc(C(=O)N(C)CC(C)C)c1[N+](=O)[O-]. The number of nitro benzene ring substituents is 1. The highest BCUT2D eigenvalue weighted by atomic mass is 16.6. The minimum absolute atomic E-state index is 0.111. The van der Waals surface area contributed by atoms with Gasteiger partial charge in [-0.15, -0.1) is 0 Å². The number of benzene rings is 1. The Balaban J connectivity index is 3.19. The summed E-state index contributed by atoms with van der Waals surface area (Å²) >= 11 is 0. The van der Waals surface area contributed by atoms with E-state index in [1.165, 1.54) is 11.0 Å². The Kier molecular flexibility index (Phi) is 4.86. The molecule has 0 aromatic heterocycles. The van der Waals surface area contributed by atoms with E-state index < -0.39 is 4.92 Å². The molecule has 0 aliphatic carbocycles. The molecule has 1 rings (SSSR count). The predicted molar refractivity (Wildman–Crippen MR) is 74.4 cm³/mol. The van der Waals surface area contributed by atoms with Crippen molar-refractivity contribution in [1.29, 1.82) is 0 Å². The Labute approximate surface area is 112 Å². The van der Waals surface area contributed by atoms with E-state index in [9.17, 15) is 14.9 Å². The second kappa shape index (κ2) is 6.17. The molecule has 0 unspecified atom stereocenters. The van der Waals surface area contributed by atoms with Crippen molar-refractivity contribution in [3.63, 3.8) is 0 Å². The van der Waals surface area contributed by atoms with Crippen molar-refractivity contribution in [1.82, 2.24) is 4.90 Å². The maximum atomic E-state index is 12.3. The first-order valence-corrected chi connectivity index (χ1v) is 6.09. The number of hydrogen-bond acceptors (Lipinski definition) is 4. The van der Waals surface area contributed by atoms with Crippen molar-refractivity contribution in [2.24, 2.45) is 5.92 Å². The Hall–Kier alpha value is -2.11. The summed E-state index contributed by atoms with van der Waals surface area (Å²) in [5, 5.41) is 13.9. The normalized spacial score (nSPS) is 10.4. The smallest absolute Gasteiger partial charge is 0.305 e. The zero-order chi connectivity index (χ0) is 14.6. The van der Waals surface area contributed by atoms with Crippen LogP contribution in [0.2, 0.25) is 0 Å². The maximum Gasteiger partial charge on any atom is 0.305 e. The van der Waals surface area contributed by atoms with Crippen molar-refractivity contribution >= 4 is 17.3 Å². The van der Waals surface area contributed by atoms with Crippen LogP contribution in [0.5, 0.6) is 0 Å². The van der Waals surface area contributed by atoms with E-state index in [4.69, 9.17) is 0 Å². The molecule has 0 saturated carbocycles. The van der Waals surface area contributed by atoms with Crippen LogP contribution in [-0.4, -0.2) is 36.4 Å². The highest BCUT2D eigenvalue weighted by molar-refractivity contribution is 6.00. The monoisotopic (exact) mass is 265 g/mol. The molecular formula is C13H19N3O3. The lowest BCUT2D eigenvalue weighted by molar-refractivity contribution is -0.384. The van der Waals surface area contributed by atoms with Gasteiger partial charge in [-0.05, 0) is 18.1 Å². The summed E-state index contributed by atoms with van der Waals surface area (Å²) in [7, 11) is 3.24. The fourth-order valence-corrected chi connectivity index (χ4v) is 1.95. The van der Waals surface area contributed by atoms with Crippen LogP contribution in [0.4, 0.5) is 11.4 Å². The van der Waals surface area contributed by atoms with E-state index in [0.717, 1.165) is 0 Å². The number of rotatable bonds is 5. The highest BCUT2D eigenvalue weighted by Crippen LogP contribution is 2.29. The van der Waals surface area contributed by atoms with Gasteiger partial charge in [0.2, 0.25) is 0 Å². The Bertz CT molecular complexity index is 486. The van der Waals surface area contributed by atoms with E-state index in [0.29, 0.717) is 18.2 Å². The largest absolute Gasteiger partial charge is 0.383 e. The molecule has 0 radical (unpaired) electrons. The average Bonchev–Trinajstić information content (AvgIpc) is 2.35. The summed E-state index contributed by atoms with van der Waals surface area (Å²) < 4.78 is 0. The lowest BCUT2D eigenvalue weighted by Crippen LogP contribution is -2.30. The number of anilines is 1. The van der Waals surface area contributed by atoms with Gasteiger partial charge >= 0.3 is 5.69 Å².